The standard InChI is InChI=1S/C25H21ClN2O6/c1-32-16-6-4-5-15(11-16)28-22(14-7-9-27-10-8-14)21(24(30)25(28)31)23(29)17-12-18(26)20(34-3)13-19(17)33-2/h4-13,22,29H,1-3H3/b23-21+. The summed E-state index contributed by atoms with van der Waals surface area (Å²) in [7, 11) is 4.37. The van der Waals surface area contributed by atoms with E-state index in [1.165, 1.54) is 38.4 Å². The van der Waals surface area contributed by atoms with Gasteiger partial charge in [0.25, 0.3) is 11.7 Å². The highest BCUT2D eigenvalue weighted by Crippen LogP contribution is 2.45. The van der Waals surface area contributed by atoms with Crippen LogP contribution in [0.1, 0.15) is 17.2 Å². The molecule has 1 saturated heterocycles. The van der Waals surface area contributed by atoms with E-state index in [-0.39, 0.29) is 21.9 Å². The third-order valence-corrected chi connectivity index (χ3v) is 5.82. The number of rotatable bonds is 6. The van der Waals surface area contributed by atoms with Gasteiger partial charge in [-0.15, -0.1) is 0 Å². The van der Waals surface area contributed by atoms with E-state index in [1.54, 1.807) is 48.8 Å². The number of aliphatic hydroxyl groups is 1. The first-order chi connectivity index (χ1) is 16.4. The molecule has 174 valence electrons. The van der Waals surface area contributed by atoms with Gasteiger partial charge >= 0.3 is 0 Å². The molecule has 9 heteroatoms. The summed E-state index contributed by atoms with van der Waals surface area (Å²) >= 11 is 6.29. The first-order valence-corrected chi connectivity index (χ1v) is 10.6. The lowest BCUT2D eigenvalue weighted by molar-refractivity contribution is -0.132. The molecule has 0 spiro atoms. The minimum absolute atomic E-state index is 0.112. The van der Waals surface area contributed by atoms with E-state index >= 15 is 0 Å². The number of nitrogens with zero attached hydrogens (tertiary/aromatic N) is 2. The minimum atomic E-state index is -0.930. The summed E-state index contributed by atoms with van der Waals surface area (Å²) in [5.41, 5.74) is 1.05. The molecular formula is C25H21ClN2O6. The Morgan fingerprint density at radius 1 is 0.971 bits per heavy atom. The van der Waals surface area contributed by atoms with Gasteiger partial charge in [0.1, 0.15) is 23.0 Å². The molecule has 0 aliphatic carbocycles. The van der Waals surface area contributed by atoms with Crippen LogP contribution in [0, 0.1) is 0 Å². The van der Waals surface area contributed by atoms with Crippen molar-refractivity contribution in [2.75, 3.05) is 26.2 Å². The van der Waals surface area contributed by atoms with Crippen LogP contribution in [-0.2, 0) is 9.59 Å². The van der Waals surface area contributed by atoms with Gasteiger partial charge in [-0.25, -0.2) is 0 Å². The number of carbonyl (C=O) groups excluding carboxylic acids is 2. The van der Waals surface area contributed by atoms with E-state index < -0.39 is 23.5 Å². The van der Waals surface area contributed by atoms with Gasteiger partial charge in [0.15, 0.2) is 0 Å². The fourth-order valence-electron chi connectivity index (χ4n) is 3.91. The maximum atomic E-state index is 13.3. The molecule has 2 heterocycles. The van der Waals surface area contributed by atoms with Crippen LogP contribution in [0.3, 0.4) is 0 Å². The van der Waals surface area contributed by atoms with Crippen LogP contribution < -0.4 is 19.1 Å². The Kier molecular flexibility index (Phi) is 6.43. The van der Waals surface area contributed by atoms with Crippen molar-refractivity contribution >= 4 is 34.7 Å². The molecule has 1 aliphatic rings. The third kappa shape index (κ3) is 3.92. The van der Waals surface area contributed by atoms with Gasteiger partial charge in [0, 0.05) is 30.2 Å². The fraction of sp³-hybridized carbons (Fsp3) is 0.160. The molecule has 1 atom stereocenters. The number of halogens is 1. The van der Waals surface area contributed by atoms with Gasteiger partial charge in [-0.1, -0.05) is 17.7 Å². The number of carbonyl (C=O) groups is 2. The Labute approximate surface area is 201 Å². The highest BCUT2D eigenvalue weighted by atomic mass is 35.5. The molecule has 4 rings (SSSR count). The van der Waals surface area contributed by atoms with Gasteiger partial charge in [-0.2, -0.15) is 0 Å². The molecule has 1 fully saturated rings. The SMILES string of the molecule is COc1cccc(N2C(=O)C(=O)/C(=C(/O)c3cc(Cl)c(OC)cc3OC)C2c2ccncc2)c1. The summed E-state index contributed by atoms with van der Waals surface area (Å²) in [4.78, 5) is 31.9. The lowest BCUT2D eigenvalue weighted by Gasteiger charge is -2.25. The number of benzene rings is 2. The van der Waals surface area contributed by atoms with E-state index in [1.807, 2.05) is 0 Å². The number of pyridine rings is 1. The largest absolute Gasteiger partial charge is 0.507 e. The van der Waals surface area contributed by atoms with Crippen LogP contribution in [-0.4, -0.2) is 43.1 Å². The molecule has 1 N–H and O–H groups in total. The number of aromatic nitrogens is 1. The zero-order valence-corrected chi connectivity index (χ0v) is 19.4. The number of hydrogen-bond donors (Lipinski definition) is 1. The molecule has 0 bridgehead atoms. The lowest BCUT2D eigenvalue weighted by atomic mass is 9.95. The van der Waals surface area contributed by atoms with Crippen LogP contribution >= 0.6 is 11.6 Å². The normalized spacial score (nSPS) is 17.1. The predicted octanol–water partition coefficient (Wildman–Crippen LogP) is 4.39. The van der Waals surface area contributed by atoms with Crippen molar-refractivity contribution in [1.29, 1.82) is 0 Å². The second-order valence-corrected chi connectivity index (χ2v) is 7.75. The maximum Gasteiger partial charge on any atom is 0.300 e. The highest BCUT2D eigenvalue weighted by Gasteiger charge is 2.47. The molecule has 3 aromatic rings. The van der Waals surface area contributed by atoms with E-state index in [9.17, 15) is 14.7 Å². The number of hydrogen-bond acceptors (Lipinski definition) is 7. The smallest absolute Gasteiger partial charge is 0.300 e. The summed E-state index contributed by atoms with van der Waals surface area (Å²) in [6.07, 6.45) is 3.09. The van der Waals surface area contributed by atoms with Gasteiger partial charge < -0.3 is 19.3 Å². The van der Waals surface area contributed by atoms with E-state index in [0.29, 0.717) is 22.7 Å². The molecule has 1 unspecified atom stereocenters. The Bertz CT molecular complexity index is 1290. The summed E-state index contributed by atoms with van der Waals surface area (Å²) in [5.74, 6) is -1.01. The summed E-state index contributed by atoms with van der Waals surface area (Å²) < 4.78 is 15.9. The van der Waals surface area contributed by atoms with Crippen LogP contribution in [0.2, 0.25) is 5.02 Å². The zero-order valence-electron chi connectivity index (χ0n) is 18.6. The first-order valence-electron chi connectivity index (χ1n) is 10.2. The number of ketones is 1. The van der Waals surface area contributed by atoms with Crippen LogP contribution in [0.15, 0.2) is 66.5 Å². The topological polar surface area (TPSA) is 98.2 Å². The Hall–Kier alpha value is -4.04. The first kappa shape index (κ1) is 23.1. The molecule has 8 nitrogen and oxygen atoms in total. The molecular weight excluding hydrogens is 460 g/mol. The number of methoxy groups -OCH3 is 3. The van der Waals surface area contributed by atoms with E-state index in [0.717, 1.165) is 0 Å². The van der Waals surface area contributed by atoms with Crippen molar-refractivity contribution in [2.45, 2.75) is 6.04 Å². The molecule has 1 aromatic heterocycles. The fourth-order valence-corrected chi connectivity index (χ4v) is 4.15. The minimum Gasteiger partial charge on any atom is -0.507 e. The molecule has 1 aliphatic heterocycles. The summed E-state index contributed by atoms with van der Waals surface area (Å²) in [6.45, 7) is 0. The Balaban J connectivity index is 1.97. The zero-order chi connectivity index (χ0) is 24.4. The van der Waals surface area contributed by atoms with Gasteiger partial charge in [0.2, 0.25) is 0 Å². The van der Waals surface area contributed by atoms with Crippen molar-refractivity contribution in [2.24, 2.45) is 0 Å². The molecule has 34 heavy (non-hydrogen) atoms. The second-order valence-electron chi connectivity index (χ2n) is 7.34. The predicted molar refractivity (Wildman–Crippen MR) is 127 cm³/mol. The summed E-state index contributed by atoms with van der Waals surface area (Å²) in [5, 5.41) is 11.6. The van der Waals surface area contributed by atoms with Gasteiger partial charge in [-0.3, -0.25) is 19.5 Å². The maximum absolute atomic E-state index is 13.3. The second kappa shape index (κ2) is 9.44. The van der Waals surface area contributed by atoms with Crippen molar-refractivity contribution < 1.29 is 28.9 Å². The van der Waals surface area contributed by atoms with Crippen LogP contribution in [0.4, 0.5) is 5.69 Å². The van der Waals surface area contributed by atoms with Gasteiger partial charge in [-0.05, 0) is 35.9 Å². The van der Waals surface area contributed by atoms with Crippen molar-refractivity contribution in [3.8, 4) is 17.2 Å². The van der Waals surface area contributed by atoms with E-state index in [4.69, 9.17) is 25.8 Å². The number of ether oxygens (including phenoxy) is 3. The molecule has 0 saturated carbocycles. The number of anilines is 1. The van der Waals surface area contributed by atoms with E-state index in [2.05, 4.69) is 4.98 Å². The Morgan fingerprint density at radius 2 is 1.68 bits per heavy atom. The summed E-state index contributed by atoms with van der Waals surface area (Å²) in [6, 6.07) is 12.1. The average Bonchev–Trinajstić information content (AvgIpc) is 3.14. The van der Waals surface area contributed by atoms with Crippen molar-refractivity contribution in [3.05, 3.63) is 82.6 Å². The number of Topliss-reactive ketones (excluding diaryl/α,β-unsaturated/α-hetero) is 1. The van der Waals surface area contributed by atoms with Gasteiger partial charge in [0.05, 0.1) is 43.5 Å². The monoisotopic (exact) mass is 480 g/mol. The van der Waals surface area contributed by atoms with Crippen molar-refractivity contribution in [3.63, 3.8) is 0 Å². The average molecular weight is 481 g/mol. The number of amides is 1. The lowest BCUT2D eigenvalue weighted by Crippen LogP contribution is -2.29. The quantitative estimate of drug-likeness (QED) is 0.317. The Morgan fingerprint density at radius 3 is 2.32 bits per heavy atom. The molecule has 1 amide bonds. The van der Waals surface area contributed by atoms with Crippen molar-refractivity contribution in [1.82, 2.24) is 4.98 Å². The van der Waals surface area contributed by atoms with Crippen LogP contribution in [0.25, 0.3) is 5.76 Å². The molecule has 0 radical (unpaired) electrons. The third-order valence-electron chi connectivity index (χ3n) is 5.53. The highest BCUT2D eigenvalue weighted by molar-refractivity contribution is 6.51. The van der Waals surface area contributed by atoms with Crippen LogP contribution in [0.5, 0.6) is 17.2 Å². The molecule has 2 aromatic carbocycles. The number of aliphatic hydroxyl groups excluding tert-OH is 1.